The average Bonchev–Trinajstić information content (AvgIpc) is 2.33. The highest BCUT2D eigenvalue weighted by Crippen LogP contribution is 2.11. The lowest BCUT2D eigenvalue weighted by Crippen LogP contribution is -2.48. The first-order valence-corrected chi connectivity index (χ1v) is 6.43. The molecule has 1 saturated heterocycles. The van der Waals surface area contributed by atoms with E-state index in [2.05, 4.69) is 12.2 Å². The van der Waals surface area contributed by atoms with Crippen LogP contribution in [0.4, 0.5) is 0 Å². The summed E-state index contributed by atoms with van der Waals surface area (Å²) in [6.07, 6.45) is 3.66. The summed E-state index contributed by atoms with van der Waals surface area (Å²) in [6, 6.07) is 0.404. The van der Waals surface area contributed by atoms with Gasteiger partial charge in [-0.2, -0.15) is 0 Å². The zero-order valence-corrected chi connectivity index (χ0v) is 10.6. The summed E-state index contributed by atoms with van der Waals surface area (Å²) in [5.74, 6) is -0.359. The Bertz CT molecular complexity index is 268. The molecule has 0 bridgehead atoms. The number of nitrogens with two attached hydrogens (primary N) is 1. The van der Waals surface area contributed by atoms with Gasteiger partial charge in [-0.3, -0.25) is 9.59 Å². The van der Waals surface area contributed by atoms with E-state index in [4.69, 9.17) is 5.73 Å². The number of nitrogens with one attached hydrogen (secondary N) is 1. The fourth-order valence-electron chi connectivity index (χ4n) is 2.11. The molecule has 0 saturated carbocycles. The minimum atomic E-state index is -0.406. The third-order valence-corrected chi connectivity index (χ3v) is 3.04. The van der Waals surface area contributed by atoms with Crippen LogP contribution in [-0.2, 0) is 9.59 Å². The van der Waals surface area contributed by atoms with Crippen molar-refractivity contribution in [2.75, 3.05) is 19.6 Å². The summed E-state index contributed by atoms with van der Waals surface area (Å²) < 4.78 is 0. The number of nitrogens with zero attached hydrogens (tertiary/aromatic N) is 1. The molecule has 1 heterocycles. The van der Waals surface area contributed by atoms with Gasteiger partial charge in [-0.15, -0.1) is 0 Å². The highest BCUT2D eigenvalue weighted by Gasteiger charge is 2.22. The smallest absolute Gasteiger partial charge is 0.223 e. The third-order valence-electron chi connectivity index (χ3n) is 3.04. The second-order valence-electron chi connectivity index (χ2n) is 4.60. The molecule has 0 spiro atoms. The van der Waals surface area contributed by atoms with Gasteiger partial charge in [-0.05, 0) is 25.8 Å². The average molecular weight is 241 g/mol. The van der Waals surface area contributed by atoms with Gasteiger partial charge in [0.15, 0.2) is 0 Å². The number of hydrogen-bond acceptors (Lipinski definition) is 3. The molecule has 0 aromatic heterocycles. The van der Waals surface area contributed by atoms with Crippen LogP contribution in [0.15, 0.2) is 0 Å². The Balaban J connectivity index is 2.32. The Labute approximate surface area is 103 Å². The molecule has 1 atom stereocenters. The van der Waals surface area contributed by atoms with Crippen LogP contribution in [0.1, 0.15) is 39.0 Å². The molecule has 1 unspecified atom stereocenters. The van der Waals surface area contributed by atoms with E-state index in [9.17, 15) is 9.59 Å². The molecule has 5 nitrogen and oxygen atoms in total. The first kappa shape index (κ1) is 14.0. The molecule has 1 rings (SSSR count). The largest absolute Gasteiger partial charge is 0.370 e. The molecule has 5 heteroatoms. The van der Waals surface area contributed by atoms with E-state index in [0.29, 0.717) is 6.04 Å². The van der Waals surface area contributed by atoms with Crippen molar-refractivity contribution in [3.05, 3.63) is 0 Å². The van der Waals surface area contributed by atoms with Crippen LogP contribution in [0.5, 0.6) is 0 Å². The molecule has 0 aromatic carbocycles. The molecule has 98 valence electrons. The van der Waals surface area contributed by atoms with Gasteiger partial charge in [0.2, 0.25) is 11.8 Å². The van der Waals surface area contributed by atoms with Crippen molar-refractivity contribution in [1.29, 1.82) is 0 Å². The predicted molar refractivity (Wildman–Crippen MR) is 66.3 cm³/mol. The van der Waals surface area contributed by atoms with Crippen LogP contribution >= 0.6 is 0 Å². The molecule has 1 fully saturated rings. The third kappa shape index (κ3) is 5.17. The molecule has 17 heavy (non-hydrogen) atoms. The summed E-state index contributed by atoms with van der Waals surface area (Å²) in [5.41, 5.74) is 5.04. The summed E-state index contributed by atoms with van der Waals surface area (Å²) >= 11 is 0. The maximum absolute atomic E-state index is 11.8. The minimum Gasteiger partial charge on any atom is -0.370 e. The van der Waals surface area contributed by atoms with E-state index in [0.717, 1.165) is 38.9 Å². The van der Waals surface area contributed by atoms with E-state index in [-0.39, 0.29) is 18.7 Å². The monoisotopic (exact) mass is 241 g/mol. The van der Waals surface area contributed by atoms with Crippen molar-refractivity contribution in [1.82, 2.24) is 10.2 Å². The van der Waals surface area contributed by atoms with Crippen LogP contribution < -0.4 is 11.1 Å². The van der Waals surface area contributed by atoms with Gasteiger partial charge in [0, 0.05) is 32.0 Å². The molecule has 0 aliphatic carbocycles. The highest BCUT2D eigenvalue weighted by atomic mass is 16.2. The van der Waals surface area contributed by atoms with Gasteiger partial charge in [0.25, 0.3) is 0 Å². The molecule has 1 aliphatic heterocycles. The summed E-state index contributed by atoms with van der Waals surface area (Å²) in [5, 5.41) is 3.44. The highest BCUT2D eigenvalue weighted by molar-refractivity contribution is 5.82. The second kappa shape index (κ2) is 7.27. The fraction of sp³-hybridized carbons (Fsp3) is 0.833. The van der Waals surface area contributed by atoms with Crippen molar-refractivity contribution < 1.29 is 9.59 Å². The van der Waals surface area contributed by atoms with Crippen LogP contribution in [0.2, 0.25) is 0 Å². The van der Waals surface area contributed by atoms with Crippen molar-refractivity contribution in [3.63, 3.8) is 0 Å². The van der Waals surface area contributed by atoms with Gasteiger partial charge in [0.05, 0.1) is 0 Å². The zero-order valence-electron chi connectivity index (χ0n) is 10.6. The summed E-state index contributed by atoms with van der Waals surface area (Å²) in [4.78, 5) is 24.3. The van der Waals surface area contributed by atoms with E-state index in [1.54, 1.807) is 0 Å². The second-order valence-corrected chi connectivity index (χ2v) is 4.60. The van der Waals surface area contributed by atoms with Gasteiger partial charge < -0.3 is 16.0 Å². The predicted octanol–water partition coefficient (Wildman–Crippen LogP) is 0.243. The zero-order chi connectivity index (χ0) is 12.7. The number of hydrogen-bond donors (Lipinski definition) is 2. The number of rotatable bonds is 6. The molecular formula is C12H23N3O2. The van der Waals surface area contributed by atoms with Crippen molar-refractivity contribution in [2.45, 2.75) is 45.1 Å². The Morgan fingerprint density at radius 2 is 2.18 bits per heavy atom. The van der Waals surface area contributed by atoms with Gasteiger partial charge >= 0.3 is 0 Å². The standard InChI is InChI=1S/C12H23N3O2/c1-2-7-14-10-4-3-8-15(9-10)12(17)6-5-11(13)16/h10,14H,2-9H2,1H3,(H2,13,16). The van der Waals surface area contributed by atoms with Crippen molar-refractivity contribution >= 4 is 11.8 Å². The molecule has 0 aromatic rings. The molecule has 1 aliphatic rings. The van der Waals surface area contributed by atoms with Crippen LogP contribution in [0, 0.1) is 0 Å². The van der Waals surface area contributed by atoms with Crippen LogP contribution in [0.3, 0.4) is 0 Å². The summed E-state index contributed by atoms with van der Waals surface area (Å²) in [7, 11) is 0. The molecular weight excluding hydrogens is 218 g/mol. The normalized spacial score (nSPS) is 20.3. The van der Waals surface area contributed by atoms with E-state index in [1.807, 2.05) is 4.90 Å². The number of carbonyl (C=O) groups is 2. The maximum Gasteiger partial charge on any atom is 0.223 e. The Kier molecular flexibility index (Phi) is 5.97. The van der Waals surface area contributed by atoms with E-state index < -0.39 is 5.91 Å². The lowest BCUT2D eigenvalue weighted by atomic mass is 10.0. The van der Waals surface area contributed by atoms with Crippen molar-refractivity contribution in [3.8, 4) is 0 Å². The first-order chi connectivity index (χ1) is 8.13. The van der Waals surface area contributed by atoms with E-state index in [1.165, 1.54) is 0 Å². The number of piperidine rings is 1. The van der Waals surface area contributed by atoms with Gasteiger partial charge in [-0.25, -0.2) is 0 Å². The van der Waals surface area contributed by atoms with E-state index >= 15 is 0 Å². The Morgan fingerprint density at radius 1 is 1.41 bits per heavy atom. The minimum absolute atomic E-state index is 0.0480. The molecule has 3 N–H and O–H groups in total. The quantitative estimate of drug-likeness (QED) is 0.699. The lowest BCUT2D eigenvalue weighted by Gasteiger charge is -2.33. The number of primary amides is 1. The van der Waals surface area contributed by atoms with Crippen molar-refractivity contribution in [2.24, 2.45) is 5.73 Å². The first-order valence-electron chi connectivity index (χ1n) is 6.43. The number of carbonyl (C=O) groups excluding carboxylic acids is 2. The topological polar surface area (TPSA) is 75.4 Å². The fourth-order valence-corrected chi connectivity index (χ4v) is 2.11. The Morgan fingerprint density at radius 3 is 2.82 bits per heavy atom. The molecule has 2 amide bonds. The van der Waals surface area contributed by atoms with Crippen LogP contribution in [-0.4, -0.2) is 42.4 Å². The number of likely N-dealkylation sites (tertiary alicyclic amines) is 1. The van der Waals surface area contributed by atoms with Crippen LogP contribution in [0.25, 0.3) is 0 Å². The summed E-state index contributed by atoms with van der Waals surface area (Å²) in [6.45, 7) is 4.69. The Hall–Kier alpha value is -1.10. The maximum atomic E-state index is 11.8. The lowest BCUT2D eigenvalue weighted by molar-refractivity contribution is -0.134. The SMILES string of the molecule is CCCNC1CCCN(C(=O)CCC(N)=O)C1. The van der Waals surface area contributed by atoms with Gasteiger partial charge in [0.1, 0.15) is 0 Å². The molecule has 0 radical (unpaired) electrons. The van der Waals surface area contributed by atoms with Gasteiger partial charge in [-0.1, -0.05) is 6.92 Å². The number of amides is 2.